The Morgan fingerprint density at radius 1 is 1.23 bits per heavy atom. The summed E-state index contributed by atoms with van der Waals surface area (Å²) in [5.74, 6) is 2.52. The molecule has 2 N–H and O–H groups in total. The summed E-state index contributed by atoms with van der Waals surface area (Å²) in [4.78, 5) is 4.28. The van der Waals surface area contributed by atoms with Crippen molar-refractivity contribution in [3.8, 4) is 5.75 Å². The summed E-state index contributed by atoms with van der Waals surface area (Å²) in [6.45, 7) is 4.65. The Hall–Kier alpha value is -1.79. The van der Waals surface area contributed by atoms with Crippen LogP contribution in [0, 0.1) is 5.92 Å². The normalized spacial score (nSPS) is 20.2. The highest BCUT2D eigenvalue weighted by molar-refractivity contribution is 5.79. The van der Waals surface area contributed by atoms with Crippen LogP contribution in [0.5, 0.6) is 5.75 Å². The number of nitrogens with zero attached hydrogens (tertiary/aromatic N) is 1. The zero-order valence-corrected chi connectivity index (χ0v) is 15.7. The van der Waals surface area contributed by atoms with Crippen molar-refractivity contribution in [2.75, 3.05) is 40.0 Å². The van der Waals surface area contributed by atoms with Crippen molar-refractivity contribution in [3.05, 3.63) is 29.8 Å². The van der Waals surface area contributed by atoms with Gasteiger partial charge in [-0.3, -0.25) is 4.99 Å². The third-order valence-corrected chi connectivity index (χ3v) is 4.67. The van der Waals surface area contributed by atoms with Crippen LogP contribution >= 0.6 is 0 Å². The zero-order chi connectivity index (χ0) is 18.0. The molecule has 0 bridgehead atoms. The van der Waals surface area contributed by atoms with Crippen molar-refractivity contribution in [2.45, 2.75) is 38.3 Å². The van der Waals surface area contributed by atoms with Crippen LogP contribution in [0.4, 0.5) is 0 Å². The molecular formula is C20H31N3O3. The summed E-state index contributed by atoms with van der Waals surface area (Å²) in [6, 6.07) is 8.20. The Morgan fingerprint density at radius 3 is 2.88 bits per heavy atom. The van der Waals surface area contributed by atoms with E-state index in [2.05, 4.69) is 21.7 Å². The van der Waals surface area contributed by atoms with E-state index < -0.39 is 0 Å². The molecule has 3 rings (SSSR count). The molecule has 144 valence electrons. The number of aliphatic imine (C=N–C) groups is 1. The number of nitrogens with one attached hydrogen (secondary N) is 2. The van der Waals surface area contributed by atoms with Crippen molar-refractivity contribution < 1.29 is 14.2 Å². The number of rotatable bonds is 10. The van der Waals surface area contributed by atoms with Gasteiger partial charge in [0.25, 0.3) is 0 Å². The van der Waals surface area contributed by atoms with E-state index in [1.165, 1.54) is 12.8 Å². The van der Waals surface area contributed by atoms with Crippen molar-refractivity contribution in [2.24, 2.45) is 10.9 Å². The van der Waals surface area contributed by atoms with Crippen LogP contribution in [-0.2, 0) is 16.0 Å². The molecular weight excluding hydrogens is 330 g/mol. The van der Waals surface area contributed by atoms with E-state index in [0.29, 0.717) is 6.54 Å². The standard InChI is InChI=1S/C20H31N3O3/c1-21-20(22-10-4-11-25-18-9-12-24-15-18)23-13-17-5-2-3-6-19(17)26-14-16-7-8-16/h2-3,5-6,16,18H,4,7-15H2,1H3,(H2,21,22,23). The van der Waals surface area contributed by atoms with E-state index in [0.717, 1.165) is 69.0 Å². The van der Waals surface area contributed by atoms with E-state index in [-0.39, 0.29) is 6.10 Å². The molecule has 6 heteroatoms. The van der Waals surface area contributed by atoms with Gasteiger partial charge in [0.2, 0.25) is 0 Å². The highest BCUT2D eigenvalue weighted by Gasteiger charge is 2.22. The quantitative estimate of drug-likeness (QED) is 0.380. The average Bonchev–Trinajstić information content (AvgIpc) is 3.36. The van der Waals surface area contributed by atoms with E-state index >= 15 is 0 Å². The minimum atomic E-state index is 0.277. The maximum Gasteiger partial charge on any atom is 0.191 e. The third-order valence-electron chi connectivity index (χ3n) is 4.67. The molecule has 1 aromatic carbocycles. The van der Waals surface area contributed by atoms with Gasteiger partial charge in [0, 0.05) is 38.9 Å². The fraction of sp³-hybridized carbons (Fsp3) is 0.650. The molecule has 0 aromatic heterocycles. The van der Waals surface area contributed by atoms with Gasteiger partial charge in [-0.25, -0.2) is 0 Å². The number of benzene rings is 1. The fourth-order valence-electron chi connectivity index (χ4n) is 2.86. The molecule has 1 saturated carbocycles. The van der Waals surface area contributed by atoms with E-state index in [4.69, 9.17) is 14.2 Å². The van der Waals surface area contributed by atoms with Crippen LogP contribution in [0.2, 0.25) is 0 Å². The molecule has 26 heavy (non-hydrogen) atoms. The molecule has 2 fully saturated rings. The lowest BCUT2D eigenvalue weighted by molar-refractivity contribution is 0.0420. The zero-order valence-electron chi connectivity index (χ0n) is 15.7. The van der Waals surface area contributed by atoms with E-state index in [9.17, 15) is 0 Å². The molecule has 2 aliphatic rings. The summed E-state index contributed by atoms with van der Waals surface area (Å²) in [5.41, 5.74) is 1.15. The van der Waals surface area contributed by atoms with Crippen LogP contribution in [-0.4, -0.2) is 52.1 Å². The highest BCUT2D eigenvalue weighted by atomic mass is 16.5. The first kappa shape index (κ1) is 19.0. The Bertz CT molecular complexity index is 569. The van der Waals surface area contributed by atoms with Gasteiger partial charge >= 0.3 is 0 Å². The molecule has 1 heterocycles. The Balaban J connectivity index is 1.34. The fourth-order valence-corrected chi connectivity index (χ4v) is 2.86. The lowest BCUT2D eigenvalue weighted by Gasteiger charge is -2.15. The number of hydrogen-bond donors (Lipinski definition) is 2. The summed E-state index contributed by atoms with van der Waals surface area (Å²) in [7, 11) is 1.79. The molecule has 1 unspecified atom stereocenters. The largest absolute Gasteiger partial charge is 0.493 e. The predicted molar refractivity (Wildman–Crippen MR) is 103 cm³/mol. The first-order valence-electron chi connectivity index (χ1n) is 9.69. The molecule has 1 atom stereocenters. The molecule has 0 amide bonds. The van der Waals surface area contributed by atoms with Gasteiger partial charge in [-0.05, 0) is 37.7 Å². The molecule has 0 spiro atoms. The van der Waals surface area contributed by atoms with Crippen LogP contribution in [0.15, 0.2) is 29.3 Å². The minimum Gasteiger partial charge on any atom is -0.493 e. The van der Waals surface area contributed by atoms with E-state index in [1.54, 1.807) is 7.05 Å². The second-order valence-electron chi connectivity index (χ2n) is 6.92. The predicted octanol–water partition coefficient (Wildman–Crippen LogP) is 2.34. The smallest absolute Gasteiger partial charge is 0.191 e. The van der Waals surface area contributed by atoms with Crippen molar-refractivity contribution in [3.63, 3.8) is 0 Å². The Kier molecular flexibility index (Phi) is 7.58. The summed E-state index contributed by atoms with van der Waals surface area (Å²) in [5, 5.41) is 6.69. The topological polar surface area (TPSA) is 64.1 Å². The van der Waals surface area contributed by atoms with Crippen LogP contribution in [0.1, 0.15) is 31.2 Å². The number of para-hydroxylation sites is 1. The Morgan fingerprint density at radius 2 is 2.12 bits per heavy atom. The number of hydrogen-bond acceptors (Lipinski definition) is 4. The molecule has 6 nitrogen and oxygen atoms in total. The first-order chi connectivity index (χ1) is 12.8. The van der Waals surface area contributed by atoms with Gasteiger partial charge in [0.05, 0.1) is 19.3 Å². The second kappa shape index (κ2) is 10.4. The van der Waals surface area contributed by atoms with Gasteiger partial charge in [-0.1, -0.05) is 18.2 Å². The number of guanidine groups is 1. The third kappa shape index (κ3) is 6.50. The maximum atomic E-state index is 5.96. The van der Waals surface area contributed by atoms with Crippen LogP contribution in [0.3, 0.4) is 0 Å². The van der Waals surface area contributed by atoms with Crippen molar-refractivity contribution >= 4 is 5.96 Å². The Labute approximate surface area is 156 Å². The maximum absolute atomic E-state index is 5.96. The van der Waals surface area contributed by atoms with Gasteiger partial charge in [-0.15, -0.1) is 0 Å². The van der Waals surface area contributed by atoms with Crippen LogP contribution < -0.4 is 15.4 Å². The molecule has 1 aliphatic carbocycles. The second-order valence-corrected chi connectivity index (χ2v) is 6.92. The summed E-state index contributed by atoms with van der Waals surface area (Å²) >= 11 is 0. The first-order valence-corrected chi connectivity index (χ1v) is 9.69. The monoisotopic (exact) mass is 361 g/mol. The van der Waals surface area contributed by atoms with Crippen LogP contribution in [0.25, 0.3) is 0 Å². The van der Waals surface area contributed by atoms with Gasteiger partial charge in [0.1, 0.15) is 5.75 Å². The molecule has 0 radical (unpaired) electrons. The summed E-state index contributed by atoms with van der Waals surface area (Å²) < 4.78 is 17.0. The van der Waals surface area contributed by atoms with Crippen molar-refractivity contribution in [1.29, 1.82) is 0 Å². The lowest BCUT2D eigenvalue weighted by atomic mass is 10.2. The average molecular weight is 361 g/mol. The number of ether oxygens (including phenoxy) is 3. The van der Waals surface area contributed by atoms with E-state index in [1.807, 2.05) is 18.2 Å². The SMILES string of the molecule is CN=C(NCCCOC1CCOC1)NCc1ccccc1OCC1CC1. The minimum absolute atomic E-state index is 0.277. The highest BCUT2D eigenvalue weighted by Crippen LogP contribution is 2.30. The van der Waals surface area contributed by atoms with Gasteiger partial charge in [0.15, 0.2) is 5.96 Å². The molecule has 1 aliphatic heterocycles. The van der Waals surface area contributed by atoms with Gasteiger partial charge < -0.3 is 24.8 Å². The molecule has 1 aromatic rings. The van der Waals surface area contributed by atoms with Crippen molar-refractivity contribution in [1.82, 2.24) is 10.6 Å². The summed E-state index contributed by atoms with van der Waals surface area (Å²) in [6.07, 6.45) is 4.83. The lowest BCUT2D eigenvalue weighted by Crippen LogP contribution is -2.37. The van der Waals surface area contributed by atoms with Gasteiger partial charge in [-0.2, -0.15) is 0 Å². The molecule has 1 saturated heterocycles.